The molecule has 5 heteroatoms. The first-order valence-electron chi connectivity index (χ1n) is 6.50. The molecule has 0 N–H and O–H groups in total. The molecule has 0 saturated carbocycles. The number of amides is 1. The fraction of sp³-hybridized carbons (Fsp3) is 0.125. The van der Waals surface area contributed by atoms with Crippen molar-refractivity contribution < 1.29 is 9.18 Å². The SMILES string of the molecule is O=CN1N=C(c2ccc(F)cc2)CC1c1ccc(Br)cc1. The Bertz CT molecular complexity index is 682. The van der Waals surface area contributed by atoms with Crippen LogP contribution in [0.1, 0.15) is 23.6 Å². The van der Waals surface area contributed by atoms with Gasteiger partial charge < -0.3 is 0 Å². The molecule has 0 aromatic heterocycles. The number of hydrogen-bond acceptors (Lipinski definition) is 2. The predicted octanol–water partition coefficient (Wildman–Crippen LogP) is 3.90. The third-order valence-corrected chi connectivity index (χ3v) is 4.01. The van der Waals surface area contributed by atoms with E-state index in [0.29, 0.717) is 6.42 Å². The van der Waals surface area contributed by atoms with Gasteiger partial charge in [0, 0.05) is 10.9 Å². The Hall–Kier alpha value is -2.01. The second-order valence-electron chi connectivity index (χ2n) is 4.81. The second-order valence-corrected chi connectivity index (χ2v) is 5.73. The molecule has 2 aromatic carbocycles. The van der Waals surface area contributed by atoms with Gasteiger partial charge in [-0.05, 0) is 35.4 Å². The van der Waals surface area contributed by atoms with Crippen LogP contribution in [0.25, 0.3) is 0 Å². The van der Waals surface area contributed by atoms with Crippen LogP contribution in [0, 0.1) is 5.82 Å². The van der Waals surface area contributed by atoms with Gasteiger partial charge in [-0.15, -0.1) is 0 Å². The van der Waals surface area contributed by atoms with Crippen LogP contribution in [-0.2, 0) is 4.79 Å². The van der Waals surface area contributed by atoms with E-state index in [2.05, 4.69) is 21.0 Å². The summed E-state index contributed by atoms with van der Waals surface area (Å²) in [5.74, 6) is -0.283. The topological polar surface area (TPSA) is 32.7 Å². The van der Waals surface area contributed by atoms with Crippen LogP contribution in [0.15, 0.2) is 58.1 Å². The van der Waals surface area contributed by atoms with Crippen LogP contribution < -0.4 is 0 Å². The van der Waals surface area contributed by atoms with Crippen LogP contribution in [0.5, 0.6) is 0 Å². The van der Waals surface area contributed by atoms with Crippen LogP contribution in [-0.4, -0.2) is 17.1 Å². The van der Waals surface area contributed by atoms with Gasteiger partial charge >= 0.3 is 0 Å². The first-order chi connectivity index (χ1) is 10.2. The Kier molecular flexibility index (Phi) is 3.84. The van der Waals surface area contributed by atoms with Gasteiger partial charge in [-0.3, -0.25) is 4.79 Å². The lowest BCUT2D eigenvalue weighted by atomic mass is 9.99. The summed E-state index contributed by atoms with van der Waals surface area (Å²) in [6.45, 7) is 0. The molecule has 3 nitrogen and oxygen atoms in total. The average Bonchev–Trinajstić information content (AvgIpc) is 2.93. The Morgan fingerprint density at radius 2 is 1.81 bits per heavy atom. The Balaban J connectivity index is 1.88. The Labute approximate surface area is 130 Å². The zero-order chi connectivity index (χ0) is 14.8. The maximum atomic E-state index is 13.0. The van der Waals surface area contributed by atoms with Crippen molar-refractivity contribution in [3.63, 3.8) is 0 Å². The maximum absolute atomic E-state index is 13.0. The standard InChI is InChI=1S/C16H12BrFN2O/c17-13-5-1-12(2-6-13)16-9-15(19-20(16)10-21)11-3-7-14(18)8-4-11/h1-8,10,16H,9H2. The molecular weight excluding hydrogens is 335 g/mol. The summed E-state index contributed by atoms with van der Waals surface area (Å²) in [6, 6.07) is 13.9. The molecule has 2 aromatic rings. The lowest BCUT2D eigenvalue weighted by molar-refractivity contribution is -0.119. The molecule has 3 rings (SSSR count). The molecule has 0 saturated heterocycles. The maximum Gasteiger partial charge on any atom is 0.230 e. The van der Waals surface area contributed by atoms with Gasteiger partial charge in [0.25, 0.3) is 0 Å². The van der Waals surface area contributed by atoms with Crippen molar-refractivity contribution in [3.05, 3.63) is 69.9 Å². The number of rotatable bonds is 3. The number of nitrogens with zero attached hydrogens (tertiary/aromatic N) is 2. The Morgan fingerprint density at radius 3 is 2.43 bits per heavy atom. The monoisotopic (exact) mass is 346 g/mol. The van der Waals surface area contributed by atoms with Crippen molar-refractivity contribution in [2.75, 3.05) is 0 Å². The number of hydrazone groups is 1. The molecule has 1 unspecified atom stereocenters. The lowest BCUT2D eigenvalue weighted by Crippen LogP contribution is -2.17. The van der Waals surface area contributed by atoms with E-state index in [1.165, 1.54) is 17.1 Å². The first-order valence-corrected chi connectivity index (χ1v) is 7.29. The van der Waals surface area contributed by atoms with Crippen LogP contribution in [0.2, 0.25) is 0 Å². The van der Waals surface area contributed by atoms with Gasteiger partial charge in [-0.1, -0.05) is 40.2 Å². The van der Waals surface area contributed by atoms with Crippen molar-refractivity contribution in [1.82, 2.24) is 5.01 Å². The average molecular weight is 347 g/mol. The minimum Gasteiger partial charge on any atom is -0.277 e. The quantitative estimate of drug-likeness (QED) is 0.776. The highest BCUT2D eigenvalue weighted by Gasteiger charge is 2.28. The minimum absolute atomic E-state index is 0.115. The third-order valence-electron chi connectivity index (χ3n) is 3.48. The van der Waals surface area contributed by atoms with E-state index >= 15 is 0 Å². The van der Waals surface area contributed by atoms with E-state index in [4.69, 9.17) is 0 Å². The Morgan fingerprint density at radius 1 is 1.14 bits per heavy atom. The van der Waals surface area contributed by atoms with Gasteiger partial charge in [0.2, 0.25) is 6.41 Å². The second kappa shape index (κ2) is 5.77. The highest BCUT2D eigenvalue weighted by atomic mass is 79.9. The van der Waals surface area contributed by atoms with Crippen molar-refractivity contribution in [1.29, 1.82) is 0 Å². The normalized spacial score (nSPS) is 17.7. The van der Waals surface area contributed by atoms with Crippen molar-refractivity contribution in [2.24, 2.45) is 5.10 Å². The van der Waals surface area contributed by atoms with Gasteiger partial charge in [-0.2, -0.15) is 5.10 Å². The van der Waals surface area contributed by atoms with Crippen LogP contribution >= 0.6 is 15.9 Å². The highest BCUT2D eigenvalue weighted by molar-refractivity contribution is 9.10. The molecule has 0 spiro atoms. The summed E-state index contributed by atoms with van der Waals surface area (Å²) in [5, 5.41) is 5.75. The summed E-state index contributed by atoms with van der Waals surface area (Å²) in [5.41, 5.74) is 2.64. The summed E-state index contributed by atoms with van der Waals surface area (Å²) in [7, 11) is 0. The molecule has 21 heavy (non-hydrogen) atoms. The molecule has 0 fully saturated rings. The van der Waals surface area contributed by atoms with E-state index in [9.17, 15) is 9.18 Å². The lowest BCUT2D eigenvalue weighted by Gasteiger charge is -2.17. The zero-order valence-corrected chi connectivity index (χ0v) is 12.6. The van der Waals surface area contributed by atoms with Crippen molar-refractivity contribution in [2.45, 2.75) is 12.5 Å². The van der Waals surface area contributed by atoms with E-state index in [0.717, 1.165) is 27.7 Å². The molecule has 1 amide bonds. The molecule has 0 aliphatic carbocycles. The fourth-order valence-electron chi connectivity index (χ4n) is 2.40. The molecule has 0 bridgehead atoms. The van der Waals surface area contributed by atoms with Gasteiger partial charge in [0.05, 0.1) is 11.8 Å². The number of carbonyl (C=O) groups excluding carboxylic acids is 1. The number of carbonyl (C=O) groups is 1. The number of benzene rings is 2. The highest BCUT2D eigenvalue weighted by Crippen LogP contribution is 2.32. The summed E-state index contributed by atoms with van der Waals surface area (Å²) in [6.07, 6.45) is 1.34. The van der Waals surface area contributed by atoms with Gasteiger partial charge in [-0.25, -0.2) is 9.40 Å². The van der Waals surface area contributed by atoms with Crippen molar-refractivity contribution in [3.8, 4) is 0 Å². The van der Waals surface area contributed by atoms with E-state index in [-0.39, 0.29) is 11.9 Å². The van der Waals surface area contributed by atoms with Gasteiger partial charge in [0.15, 0.2) is 0 Å². The van der Waals surface area contributed by atoms with E-state index in [1.807, 2.05) is 24.3 Å². The fourth-order valence-corrected chi connectivity index (χ4v) is 2.66. The summed E-state index contributed by atoms with van der Waals surface area (Å²) in [4.78, 5) is 11.2. The van der Waals surface area contributed by atoms with E-state index < -0.39 is 0 Å². The molecule has 1 atom stereocenters. The van der Waals surface area contributed by atoms with Crippen molar-refractivity contribution >= 4 is 28.1 Å². The first kappa shape index (κ1) is 13.9. The van der Waals surface area contributed by atoms with Gasteiger partial charge in [0.1, 0.15) is 5.82 Å². The minimum atomic E-state index is -0.283. The van der Waals surface area contributed by atoms with Crippen LogP contribution in [0.4, 0.5) is 4.39 Å². The molecule has 1 aliphatic heterocycles. The number of halogens is 2. The van der Waals surface area contributed by atoms with E-state index in [1.54, 1.807) is 12.1 Å². The smallest absolute Gasteiger partial charge is 0.230 e. The summed E-state index contributed by atoms with van der Waals surface area (Å²) < 4.78 is 14.0. The third kappa shape index (κ3) is 2.88. The molecule has 0 radical (unpaired) electrons. The van der Waals surface area contributed by atoms with Crippen LogP contribution in [0.3, 0.4) is 0 Å². The molecular formula is C16H12BrFN2O. The zero-order valence-electron chi connectivity index (χ0n) is 11.0. The number of hydrogen-bond donors (Lipinski definition) is 0. The molecule has 1 aliphatic rings. The largest absolute Gasteiger partial charge is 0.277 e. The molecule has 1 heterocycles. The molecule has 106 valence electrons. The predicted molar refractivity (Wildman–Crippen MR) is 82.3 cm³/mol. The summed E-state index contributed by atoms with van der Waals surface area (Å²) >= 11 is 3.39.